The second-order valence-electron chi connectivity index (χ2n) is 18.2. The van der Waals surface area contributed by atoms with Crippen LogP contribution in [0.15, 0.2) is 25.3 Å². The number of hydrogen-bond donors (Lipinski definition) is 0. The third kappa shape index (κ3) is 10.5. The van der Waals surface area contributed by atoms with Crippen LogP contribution in [0.25, 0.3) is 0 Å². The molecule has 2 amide bonds. The maximum absolute atomic E-state index is 13.3. The van der Waals surface area contributed by atoms with E-state index in [1.165, 1.54) is 12.2 Å². The van der Waals surface area contributed by atoms with E-state index in [1.807, 2.05) is 9.80 Å². The smallest absolute Gasteiger partial charge is 0.246 e. The lowest BCUT2D eigenvalue weighted by Crippen LogP contribution is -2.66. The lowest BCUT2D eigenvalue weighted by atomic mass is 9.76. The van der Waals surface area contributed by atoms with E-state index in [1.54, 1.807) is 0 Å². The van der Waals surface area contributed by atoms with Gasteiger partial charge in [-0.05, 0) is 119 Å². The quantitative estimate of drug-likeness (QED) is 0.130. The number of aromatic nitrogens is 3. The van der Waals surface area contributed by atoms with Gasteiger partial charge in [-0.25, -0.2) is 0 Å². The molecular formula is C43H76N8O2. The molecule has 0 spiro atoms. The van der Waals surface area contributed by atoms with Crippen LogP contribution < -0.4 is 14.7 Å². The molecule has 2 saturated heterocycles. The van der Waals surface area contributed by atoms with Crippen molar-refractivity contribution in [1.82, 2.24) is 24.8 Å². The van der Waals surface area contributed by atoms with Crippen molar-refractivity contribution in [2.75, 3.05) is 40.9 Å². The Morgan fingerprint density at radius 2 is 0.849 bits per heavy atom. The number of carbonyl (C=O) groups excluding carboxylic acids is 2. The molecule has 0 saturated carbocycles. The Morgan fingerprint density at radius 1 is 0.566 bits per heavy atom. The van der Waals surface area contributed by atoms with Crippen LogP contribution in [-0.2, 0) is 9.59 Å². The summed E-state index contributed by atoms with van der Waals surface area (Å²) < 4.78 is 0. The summed E-state index contributed by atoms with van der Waals surface area (Å²) in [5.41, 5.74) is -1.57. The second kappa shape index (κ2) is 18.4. The van der Waals surface area contributed by atoms with Crippen LogP contribution in [0.5, 0.6) is 0 Å². The van der Waals surface area contributed by atoms with Gasteiger partial charge in [-0.1, -0.05) is 66.5 Å². The van der Waals surface area contributed by atoms with E-state index in [0.29, 0.717) is 0 Å². The summed E-state index contributed by atoms with van der Waals surface area (Å²) in [4.78, 5) is 54.1. The summed E-state index contributed by atoms with van der Waals surface area (Å²) in [6.07, 6.45) is 14.5. The first-order valence-electron chi connectivity index (χ1n) is 20.8. The predicted octanol–water partition coefficient (Wildman–Crippen LogP) is 8.96. The minimum atomic E-state index is -0.393. The van der Waals surface area contributed by atoms with Crippen LogP contribution in [0.3, 0.4) is 0 Å². The van der Waals surface area contributed by atoms with Gasteiger partial charge in [0.15, 0.2) is 0 Å². The highest BCUT2D eigenvalue weighted by molar-refractivity contribution is 5.89. The van der Waals surface area contributed by atoms with Gasteiger partial charge in [-0.3, -0.25) is 9.59 Å². The normalized spacial score (nSPS) is 19.5. The van der Waals surface area contributed by atoms with Crippen LogP contribution in [0, 0.1) is 0 Å². The Morgan fingerprint density at radius 3 is 1.13 bits per heavy atom. The standard InChI is InChI=1S/C43H76N8O2/c1-15-21-25-47(26-22-16-2)37-44-38(48(27-23-17-3)33-29-40(7,8)50(35(52)19-5)41(9,10)30-33)46-39(45-37)49(28-24-18-4)34-31-42(11,12)51(36(53)20-6)43(13,14)32-34/h19-20,33-34H,5-6,15-18,21-32H2,1-4,7-14H3. The summed E-state index contributed by atoms with van der Waals surface area (Å²) in [6, 6.07) is 0.247. The zero-order valence-corrected chi connectivity index (χ0v) is 35.9. The number of nitrogens with zero attached hydrogens (tertiary/aromatic N) is 8. The van der Waals surface area contributed by atoms with Crippen molar-refractivity contribution in [3.63, 3.8) is 0 Å². The second-order valence-corrected chi connectivity index (χ2v) is 18.2. The number of anilines is 3. The molecule has 0 bridgehead atoms. The zero-order valence-electron chi connectivity index (χ0n) is 35.9. The van der Waals surface area contributed by atoms with Gasteiger partial charge < -0.3 is 24.5 Å². The molecule has 0 unspecified atom stereocenters. The number of carbonyl (C=O) groups is 2. The van der Waals surface area contributed by atoms with E-state index in [2.05, 4.69) is 111 Å². The number of hydrogen-bond acceptors (Lipinski definition) is 8. The van der Waals surface area contributed by atoms with Crippen LogP contribution >= 0.6 is 0 Å². The van der Waals surface area contributed by atoms with Crippen LogP contribution in [0.1, 0.15) is 160 Å². The molecule has 300 valence electrons. The molecule has 0 aromatic carbocycles. The summed E-state index contributed by atoms with van der Waals surface area (Å²) in [5, 5.41) is 0. The van der Waals surface area contributed by atoms with E-state index >= 15 is 0 Å². The van der Waals surface area contributed by atoms with Crippen LogP contribution in [0.4, 0.5) is 17.8 Å². The van der Waals surface area contributed by atoms with E-state index < -0.39 is 22.2 Å². The minimum Gasteiger partial charge on any atom is -0.341 e. The summed E-state index contributed by atoms with van der Waals surface area (Å²) >= 11 is 0. The van der Waals surface area contributed by atoms with Crippen molar-refractivity contribution < 1.29 is 9.59 Å². The molecule has 3 rings (SSSR count). The third-order valence-electron chi connectivity index (χ3n) is 11.5. The van der Waals surface area contributed by atoms with Crippen molar-refractivity contribution >= 4 is 29.7 Å². The van der Waals surface area contributed by atoms with Gasteiger partial charge in [0.1, 0.15) is 0 Å². The highest BCUT2D eigenvalue weighted by atomic mass is 16.2. The molecular weight excluding hydrogens is 661 g/mol. The van der Waals surface area contributed by atoms with Crippen molar-refractivity contribution in [3.8, 4) is 0 Å². The molecule has 1 aromatic heterocycles. The summed E-state index contributed by atoms with van der Waals surface area (Å²) in [7, 11) is 0. The highest BCUT2D eigenvalue weighted by Gasteiger charge is 2.50. The predicted molar refractivity (Wildman–Crippen MR) is 223 cm³/mol. The molecule has 2 aliphatic heterocycles. The van der Waals surface area contributed by atoms with Gasteiger partial charge in [-0.2, -0.15) is 15.0 Å². The molecule has 0 radical (unpaired) electrons. The molecule has 10 heteroatoms. The largest absolute Gasteiger partial charge is 0.341 e. The topological polar surface area (TPSA) is 89.0 Å². The van der Waals surface area contributed by atoms with E-state index in [4.69, 9.17) is 15.0 Å². The Balaban J connectivity index is 2.27. The number of piperidine rings is 2. The Hall–Kier alpha value is -3.17. The fraction of sp³-hybridized carbons (Fsp3) is 0.791. The molecule has 0 atom stereocenters. The molecule has 10 nitrogen and oxygen atoms in total. The monoisotopic (exact) mass is 737 g/mol. The lowest BCUT2D eigenvalue weighted by Gasteiger charge is -2.57. The first-order valence-corrected chi connectivity index (χ1v) is 20.8. The van der Waals surface area contributed by atoms with E-state index in [-0.39, 0.29) is 23.9 Å². The van der Waals surface area contributed by atoms with E-state index in [9.17, 15) is 9.59 Å². The average molecular weight is 737 g/mol. The van der Waals surface area contributed by atoms with E-state index in [0.717, 1.165) is 121 Å². The fourth-order valence-electron chi connectivity index (χ4n) is 9.57. The number of amides is 2. The maximum atomic E-state index is 13.3. The van der Waals surface area contributed by atoms with Crippen LogP contribution in [0.2, 0.25) is 0 Å². The average Bonchev–Trinajstić information content (AvgIpc) is 3.06. The molecule has 2 aliphatic rings. The van der Waals surface area contributed by atoms with Gasteiger partial charge in [-0.15, -0.1) is 0 Å². The molecule has 0 aliphatic carbocycles. The third-order valence-corrected chi connectivity index (χ3v) is 11.5. The highest BCUT2D eigenvalue weighted by Crippen LogP contribution is 2.43. The van der Waals surface area contributed by atoms with Gasteiger partial charge in [0.25, 0.3) is 0 Å². The van der Waals surface area contributed by atoms with Crippen molar-refractivity contribution in [1.29, 1.82) is 0 Å². The number of likely N-dealkylation sites (tertiary alicyclic amines) is 2. The van der Waals surface area contributed by atoms with Gasteiger partial charge in [0.05, 0.1) is 0 Å². The number of rotatable bonds is 19. The van der Waals surface area contributed by atoms with Gasteiger partial charge in [0, 0.05) is 60.4 Å². The van der Waals surface area contributed by atoms with Gasteiger partial charge in [0.2, 0.25) is 29.7 Å². The van der Waals surface area contributed by atoms with Crippen molar-refractivity contribution in [3.05, 3.63) is 25.3 Å². The SMILES string of the molecule is C=CC(=O)N1C(C)(C)CC(N(CCCC)c2nc(N(CCCC)CCCC)nc(N(CCCC)C3CC(C)(C)N(C(=O)C=C)C(C)(C)C3)n2)CC1(C)C. The zero-order chi connectivity index (χ0) is 39.8. The minimum absolute atomic E-state index is 0.0240. The van der Waals surface area contributed by atoms with Gasteiger partial charge >= 0.3 is 0 Å². The first-order chi connectivity index (χ1) is 24.8. The molecule has 2 fully saturated rings. The fourth-order valence-corrected chi connectivity index (χ4v) is 9.57. The Kier molecular flexibility index (Phi) is 15.4. The maximum Gasteiger partial charge on any atom is 0.246 e. The molecule has 0 N–H and O–H groups in total. The Bertz CT molecular complexity index is 1250. The lowest BCUT2D eigenvalue weighted by molar-refractivity contribution is -0.145. The number of unbranched alkanes of at least 4 members (excludes halogenated alkanes) is 4. The summed E-state index contributed by atoms with van der Waals surface area (Å²) in [5.74, 6) is 2.17. The van der Waals surface area contributed by atoms with Crippen molar-refractivity contribution in [2.24, 2.45) is 0 Å². The first kappa shape index (κ1) is 44.2. The molecule has 3 heterocycles. The summed E-state index contributed by atoms with van der Waals surface area (Å²) in [6.45, 7) is 37.5. The molecule has 1 aromatic rings. The van der Waals surface area contributed by atoms with Crippen molar-refractivity contribution in [2.45, 2.75) is 194 Å². The van der Waals surface area contributed by atoms with Crippen LogP contribution in [-0.4, -0.2) is 97.0 Å². The molecule has 53 heavy (non-hydrogen) atoms. The Labute approximate surface area is 323 Å².